The van der Waals surface area contributed by atoms with Crippen molar-refractivity contribution in [1.29, 1.82) is 0 Å². The van der Waals surface area contributed by atoms with Crippen LogP contribution in [0.25, 0.3) is 0 Å². The van der Waals surface area contributed by atoms with Crippen LogP contribution in [0, 0.1) is 0 Å². The molecule has 60 valence electrons. The van der Waals surface area contributed by atoms with Crippen molar-refractivity contribution in [1.82, 2.24) is 0 Å². The van der Waals surface area contributed by atoms with Crippen LogP contribution < -0.4 is 11.5 Å². The van der Waals surface area contributed by atoms with Gasteiger partial charge in [0.2, 0.25) is 0 Å². The molecule has 1 aliphatic heterocycles. The fourth-order valence-electron chi connectivity index (χ4n) is 0.874. The molecule has 0 spiro atoms. The van der Waals surface area contributed by atoms with Crippen molar-refractivity contribution in [3.05, 3.63) is 0 Å². The van der Waals surface area contributed by atoms with Gasteiger partial charge in [-0.3, -0.25) is 0 Å². The van der Waals surface area contributed by atoms with Crippen molar-refractivity contribution < 1.29 is 14.9 Å². The minimum atomic E-state index is -1.09. The molecule has 0 aromatic carbocycles. The molecule has 1 rings (SSSR count). The van der Waals surface area contributed by atoms with Crippen molar-refractivity contribution in [3.63, 3.8) is 0 Å². The van der Waals surface area contributed by atoms with Gasteiger partial charge in [0.1, 0.15) is 0 Å². The number of nitrogens with two attached hydrogens (primary N) is 2. The zero-order valence-corrected chi connectivity index (χ0v) is 5.47. The molecular formula is C5H12N2O3. The molecule has 0 radical (unpaired) electrons. The smallest absolute Gasteiger partial charge is 0.172 e. The van der Waals surface area contributed by atoms with E-state index in [1.54, 1.807) is 0 Å². The maximum atomic E-state index is 9.13. The van der Waals surface area contributed by atoms with Crippen molar-refractivity contribution >= 4 is 0 Å². The van der Waals surface area contributed by atoms with Crippen LogP contribution >= 0.6 is 0 Å². The molecule has 1 saturated heterocycles. The Morgan fingerprint density at radius 1 is 1.30 bits per heavy atom. The van der Waals surface area contributed by atoms with E-state index in [0.29, 0.717) is 0 Å². The van der Waals surface area contributed by atoms with Crippen LogP contribution in [-0.4, -0.2) is 41.3 Å². The van der Waals surface area contributed by atoms with Crippen molar-refractivity contribution in [3.8, 4) is 0 Å². The summed E-state index contributed by atoms with van der Waals surface area (Å²) in [5.74, 6) is 0. The van der Waals surface area contributed by atoms with Crippen LogP contribution in [0.4, 0.5) is 0 Å². The van der Waals surface area contributed by atoms with Crippen molar-refractivity contribution in [2.75, 3.05) is 6.61 Å². The molecule has 0 unspecified atom stereocenters. The third-order valence-corrected chi connectivity index (χ3v) is 1.62. The summed E-state index contributed by atoms with van der Waals surface area (Å²) in [4.78, 5) is 0. The van der Waals surface area contributed by atoms with Gasteiger partial charge in [0.25, 0.3) is 0 Å². The predicted octanol–water partition coefficient (Wildman–Crippen LogP) is -2.65. The minimum Gasteiger partial charge on any atom is -0.390 e. The molecule has 0 amide bonds. The summed E-state index contributed by atoms with van der Waals surface area (Å²) in [7, 11) is 0. The second-order valence-electron chi connectivity index (χ2n) is 2.46. The van der Waals surface area contributed by atoms with Crippen molar-refractivity contribution in [2.24, 2.45) is 11.5 Å². The number of aliphatic hydroxyl groups excluding tert-OH is 2. The van der Waals surface area contributed by atoms with Gasteiger partial charge in [0.05, 0.1) is 24.8 Å². The van der Waals surface area contributed by atoms with Crippen LogP contribution in [0.2, 0.25) is 0 Å². The highest BCUT2D eigenvalue weighted by molar-refractivity contribution is 4.87. The molecule has 1 fully saturated rings. The fraction of sp³-hybridized carbons (Fsp3) is 1.00. The van der Waals surface area contributed by atoms with Gasteiger partial charge in [-0.15, -0.1) is 0 Å². The Labute approximate surface area is 58.6 Å². The third-order valence-electron chi connectivity index (χ3n) is 1.62. The highest BCUT2D eigenvalue weighted by atomic mass is 16.6. The normalized spacial score (nSPS) is 49.2. The Morgan fingerprint density at radius 3 is 2.40 bits per heavy atom. The highest BCUT2D eigenvalue weighted by Crippen LogP contribution is 2.09. The number of aliphatic hydroxyl groups is 2. The van der Waals surface area contributed by atoms with Gasteiger partial charge in [0.15, 0.2) is 6.29 Å². The lowest BCUT2D eigenvalue weighted by Gasteiger charge is -2.33. The average molecular weight is 148 g/mol. The largest absolute Gasteiger partial charge is 0.390 e. The topological polar surface area (TPSA) is 102 Å². The first-order valence-electron chi connectivity index (χ1n) is 3.12. The van der Waals surface area contributed by atoms with Crippen molar-refractivity contribution in [2.45, 2.75) is 24.5 Å². The summed E-state index contributed by atoms with van der Waals surface area (Å²) in [6.45, 7) is 0.149. The van der Waals surface area contributed by atoms with E-state index in [0.717, 1.165) is 0 Å². The van der Waals surface area contributed by atoms with E-state index in [1.165, 1.54) is 0 Å². The van der Waals surface area contributed by atoms with Crippen LogP contribution in [0.5, 0.6) is 0 Å². The molecule has 0 saturated carbocycles. The molecule has 10 heavy (non-hydrogen) atoms. The van der Waals surface area contributed by atoms with Gasteiger partial charge >= 0.3 is 0 Å². The lowest BCUT2D eigenvalue weighted by atomic mass is 10.0. The lowest BCUT2D eigenvalue weighted by Crippen LogP contribution is -2.60. The standard InChI is InChI=1S/C5H12N2O3/c6-2-1-10-5(9)3(7)4(2)8/h2-5,8-9H,1,6-7H2/t2-,3-,4-,5-/m0/s1. The van der Waals surface area contributed by atoms with Gasteiger partial charge < -0.3 is 26.4 Å². The van der Waals surface area contributed by atoms with E-state index in [1.807, 2.05) is 0 Å². The predicted molar refractivity (Wildman–Crippen MR) is 33.9 cm³/mol. The van der Waals surface area contributed by atoms with Gasteiger partial charge in [-0.2, -0.15) is 0 Å². The molecular weight excluding hydrogens is 136 g/mol. The lowest BCUT2D eigenvalue weighted by molar-refractivity contribution is -0.172. The summed E-state index contributed by atoms with van der Waals surface area (Å²) in [5.41, 5.74) is 10.7. The molecule has 0 aromatic rings. The Morgan fingerprint density at radius 2 is 1.90 bits per heavy atom. The summed E-state index contributed by atoms with van der Waals surface area (Å²) in [6, 6.07) is -1.28. The van der Waals surface area contributed by atoms with Gasteiger partial charge in [-0.1, -0.05) is 0 Å². The quantitative estimate of drug-likeness (QED) is 0.300. The van der Waals surface area contributed by atoms with Crippen LogP contribution in [0.1, 0.15) is 0 Å². The highest BCUT2D eigenvalue weighted by Gasteiger charge is 2.33. The first-order chi connectivity index (χ1) is 4.63. The SMILES string of the molecule is N[C@H]1[C@@H](O)[C@@H](N)CO[C@@H]1O. The second kappa shape index (κ2) is 2.81. The Bertz CT molecular complexity index is 107. The molecule has 6 N–H and O–H groups in total. The number of hydrogen-bond donors (Lipinski definition) is 4. The maximum Gasteiger partial charge on any atom is 0.172 e. The number of rotatable bonds is 0. The first kappa shape index (κ1) is 7.90. The van der Waals surface area contributed by atoms with Crippen LogP contribution in [-0.2, 0) is 4.74 Å². The van der Waals surface area contributed by atoms with E-state index < -0.39 is 24.5 Å². The molecule has 0 aromatic heterocycles. The van der Waals surface area contributed by atoms with E-state index in [4.69, 9.17) is 26.4 Å². The minimum absolute atomic E-state index is 0.149. The zero-order chi connectivity index (χ0) is 7.72. The summed E-state index contributed by atoms with van der Waals surface area (Å²) in [5, 5.41) is 18.0. The second-order valence-corrected chi connectivity index (χ2v) is 2.46. The Balaban J connectivity index is 2.52. The third kappa shape index (κ3) is 1.28. The van der Waals surface area contributed by atoms with E-state index >= 15 is 0 Å². The Hall–Kier alpha value is -0.200. The van der Waals surface area contributed by atoms with Gasteiger partial charge in [-0.25, -0.2) is 0 Å². The molecule has 4 atom stereocenters. The number of ether oxygens (including phenoxy) is 1. The molecule has 0 aliphatic carbocycles. The summed E-state index contributed by atoms with van der Waals surface area (Å²) in [6.07, 6.45) is -1.96. The molecule has 1 heterocycles. The summed E-state index contributed by atoms with van der Waals surface area (Å²) < 4.78 is 4.72. The van der Waals surface area contributed by atoms with E-state index in [2.05, 4.69) is 0 Å². The molecule has 0 bridgehead atoms. The van der Waals surface area contributed by atoms with Gasteiger partial charge in [-0.05, 0) is 0 Å². The van der Waals surface area contributed by atoms with Crippen LogP contribution in [0.3, 0.4) is 0 Å². The van der Waals surface area contributed by atoms with E-state index in [9.17, 15) is 0 Å². The zero-order valence-electron chi connectivity index (χ0n) is 5.47. The number of hydrogen-bond acceptors (Lipinski definition) is 5. The van der Waals surface area contributed by atoms with Crippen LogP contribution in [0.15, 0.2) is 0 Å². The average Bonchev–Trinajstić information content (AvgIpc) is 1.93. The first-order valence-corrected chi connectivity index (χ1v) is 3.12. The monoisotopic (exact) mass is 148 g/mol. The Kier molecular flexibility index (Phi) is 2.22. The maximum absolute atomic E-state index is 9.13. The fourth-order valence-corrected chi connectivity index (χ4v) is 0.874. The summed E-state index contributed by atoms with van der Waals surface area (Å²) >= 11 is 0. The molecule has 1 aliphatic rings. The van der Waals surface area contributed by atoms with E-state index in [-0.39, 0.29) is 6.61 Å². The molecule has 5 heteroatoms. The van der Waals surface area contributed by atoms with Gasteiger partial charge in [0, 0.05) is 0 Å². The molecule has 5 nitrogen and oxygen atoms in total.